The molecule has 3 saturated heterocycles. The number of ether oxygens (including phenoxy) is 6. The van der Waals surface area contributed by atoms with Gasteiger partial charge in [-0.2, -0.15) is 0 Å². The molecule has 380 valence electrons. The van der Waals surface area contributed by atoms with Gasteiger partial charge in [0.1, 0.15) is 54.0 Å². The van der Waals surface area contributed by atoms with Crippen molar-refractivity contribution in [3.8, 4) is 0 Å². The highest BCUT2D eigenvalue weighted by Crippen LogP contribution is 2.42. The second-order valence-electron chi connectivity index (χ2n) is 19.4. The van der Waals surface area contributed by atoms with Crippen molar-refractivity contribution in [3.63, 3.8) is 0 Å². The lowest BCUT2D eigenvalue weighted by Gasteiger charge is -2.40. The number of rotatable bonds is 32. The fraction of sp³-hybridized carbons (Fsp3) is 0.936. The Bertz CT molecular complexity index is 1210. The first kappa shape index (κ1) is 57.7. The number of Topliss-reactive ketones (excluding diaryl/α,β-unsaturated/α-hetero) is 3. The first-order valence-corrected chi connectivity index (χ1v) is 24.2. The molecular formula is C47H84O18. The molecule has 3 heterocycles. The number of hydrogen-bond acceptors (Lipinski definition) is 18. The van der Waals surface area contributed by atoms with E-state index in [1.807, 2.05) is 0 Å². The molecule has 18 heteroatoms. The van der Waals surface area contributed by atoms with Gasteiger partial charge in [0.2, 0.25) is 0 Å². The van der Waals surface area contributed by atoms with Crippen molar-refractivity contribution in [2.45, 2.75) is 211 Å². The Labute approximate surface area is 385 Å². The predicted octanol–water partition coefficient (Wildman–Crippen LogP) is 1.85. The Kier molecular flexibility index (Phi) is 26.1. The third kappa shape index (κ3) is 18.3. The summed E-state index contributed by atoms with van der Waals surface area (Å²) in [6.07, 6.45) is -4.72. The number of aliphatic hydroxyl groups excluding tert-OH is 9. The van der Waals surface area contributed by atoms with Gasteiger partial charge < -0.3 is 74.4 Å². The van der Waals surface area contributed by atoms with E-state index in [0.717, 1.165) is 6.42 Å². The topological polar surface area (TPSA) is 289 Å². The number of carbonyl (C=O) groups excluding carboxylic acids is 3. The molecule has 3 aliphatic rings. The van der Waals surface area contributed by atoms with Crippen LogP contribution < -0.4 is 0 Å². The van der Waals surface area contributed by atoms with Gasteiger partial charge in [0, 0.05) is 76.1 Å². The van der Waals surface area contributed by atoms with Crippen LogP contribution >= 0.6 is 0 Å². The lowest BCUT2D eigenvalue weighted by molar-refractivity contribution is -0.282. The lowest BCUT2D eigenvalue weighted by Crippen LogP contribution is -2.55. The summed E-state index contributed by atoms with van der Waals surface area (Å²) in [6, 6.07) is 0. The van der Waals surface area contributed by atoms with Crippen LogP contribution in [0, 0.1) is 29.1 Å². The van der Waals surface area contributed by atoms with Crippen molar-refractivity contribution in [1.29, 1.82) is 0 Å². The van der Waals surface area contributed by atoms with Crippen LogP contribution in [0.3, 0.4) is 0 Å². The zero-order chi connectivity index (χ0) is 48.3. The van der Waals surface area contributed by atoms with Crippen molar-refractivity contribution in [3.05, 3.63) is 0 Å². The smallest absolute Gasteiger partial charge is 0.163 e. The molecule has 18 nitrogen and oxygen atoms in total. The standard InChI is InChI=1S/C47H84O18/c1-28(2)24-47(18-15-32(51)12-6-9-21-60-44-29(3)38(54)41(57)35(25-48)63-44,19-16-33(52)13-7-10-22-61-45-30(4)39(55)42(58)36(26-49)64-45)20-17-34(53)14-8-11-23-62-46-31(5)40(56)43(59)37(27-50)65-46/h28-31,35-46,48-50,54-59H,6-27H2,1-5H3/t29?,30?,31?,35?,36?,37?,38-,39-,40-,41+,42+,43+,44-,45-,46-,47?/m1/s1. The summed E-state index contributed by atoms with van der Waals surface area (Å²) in [5.74, 6) is -1.08. The van der Waals surface area contributed by atoms with Crippen LogP contribution in [-0.4, -0.2) is 177 Å². The summed E-state index contributed by atoms with van der Waals surface area (Å²) >= 11 is 0. The summed E-state index contributed by atoms with van der Waals surface area (Å²) in [4.78, 5) is 40.0. The third-order valence-corrected chi connectivity index (χ3v) is 13.6. The highest BCUT2D eigenvalue weighted by molar-refractivity contribution is 5.79. The van der Waals surface area contributed by atoms with Gasteiger partial charge in [-0.3, -0.25) is 14.4 Å². The number of carbonyl (C=O) groups is 3. The normalized spacial score (nSPS) is 34.1. The van der Waals surface area contributed by atoms with Gasteiger partial charge in [-0.05, 0) is 75.5 Å². The fourth-order valence-electron chi connectivity index (χ4n) is 9.24. The third-order valence-electron chi connectivity index (χ3n) is 13.6. The first-order valence-electron chi connectivity index (χ1n) is 24.2. The molecule has 6 unspecified atom stereocenters. The number of aliphatic hydroxyl groups is 9. The SMILES string of the molecule is CC(C)CC(CCC(=O)CCCCO[C@@H]1OC(CO)[C@H](O)[C@H](O)C1C)(CCC(=O)CCCCO[C@@H]1OC(CO)[C@H](O)[C@H](O)C1C)CCC(=O)CCCCO[C@@H]1OC(CO)[C@H](O)[C@H](O)C1C. The van der Waals surface area contributed by atoms with Crippen LogP contribution in [0.25, 0.3) is 0 Å². The minimum absolute atomic E-state index is 0.0733. The van der Waals surface area contributed by atoms with E-state index in [2.05, 4.69) is 13.8 Å². The highest BCUT2D eigenvalue weighted by Gasteiger charge is 2.44. The maximum atomic E-state index is 13.3. The van der Waals surface area contributed by atoms with E-state index >= 15 is 0 Å². The van der Waals surface area contributed by atoms with Gasteiger partial charge in [-0.25, -0.2) is 0 Å². The summed E-state index contributed by atoms with van der Waals surface area (Å²) in [6.45, 7) is 8.68. The van der Waals surface area contributed by atoms with Crippen LogP contribution in [0.4, 0.5) is 0 Å². The van der Waals surface area contributed by atoms with Gasteiger partial charge in [0.15, 0.2) is 18.9 Å². The molecule has 0 saturated carbocycles. The molecule has 0 aromatic heterocycles. The molecule has 0 aromatic carbocycles. The van der Waals surface area contributed by atoms with Crippen molar-refractivity contribution in [2.24, 2.45) is 29.1 Å². The zero-order valence-corrected chi connectivity index (χ0v) is 39.5. The molecule has 0 radical (unpaired) electrons. The molecule has 3 aliphatic heterocycles. The van der Waals surface area contributed by atoms with Crippen LogP contribution in [0.1, 0.15) is 137 Å². The van der Waals surface area contributed by atoms with E-state index in [0.29, 0.717) is 96.3 Å². The molecule has 0 aromatic rings. The maximum absolute atomic E-state index is 13.3. The molecule has 0 aliphatic carbocycles. The van der Waals surface area contributed by atoms with Gasteiger partial charge in [-0.1, -0.05) is 34.6 Å². The molecule has 65 heavy (non-hydrogen) atoms. The summed E-state index contributed by atoms with van der Waals surface area (Å²) in [7, 11) is 0. The van der Waals surface area contributed by atoms with Crippen molar-refractivity contribution in [1.82, 2.24) is 0 Å². The molecule has 0 spiro atoms. The number of ketones is 3. The largest absolute Gasteiger partial charge is 0.394 e. The maximum Gasteiger partial charge on any atom is 0.163 e. The van der Waals surface area contributed by atoms with E-state index in [4.69, 9.17) is 28.4 Å². The second-order valence-corrected chi connectivity index (χ2v) is 19.4. The minimum Gasteiger partial charge on any atom is -0.394 e. The molecule has 0 bridgehead atoms. The van der Waals surface area contributed by atoms with E-state index in [-0.39, 0.29) is 43.1 Å². The molecule has 15 atom stereocenters. The van der Waals surface area contributed by atoms with E-state index in [1.165, 1.54) is 0 Å². The van der Waals surface area contributed by atoms with E-state index < -0.39 is 117 Å². The van der Waals surface area contributed by atoms with Crippen LogP contribution in [0.5, 0.6) is 0 Å². The fourth-order valence-corrected chi connectivity index (χ4v) is 9.24. The lowest BCUT2D eigenvalue weighted by atomic mass is 9.69. The number of unbranched alkanes of at least 4 members (excludes halogenated alkanes) is 3. The van der Waals surface area contributed by atoms with Crippen LogP contribution in [0.2, 0.25) is 0 Å². The average Bonchev–Trinajstić information content (AvgIpc) is 3.28. The molecule has 0 amide bonds. The number of hydrogen-bond donors (Lipinski definition) is 9. The zero-order valence-electron chi connectivity index (χ0n) is 39.5. The van der Waals surface area contributed by atoms with Gasteiger partial charge in [0.25, 0.3) is 0 Å². The van der Waals surface area contributed by atoms with E-state index in [1.54, 1.807) is 20.8 Å². The summed E-state index contributed by atoms with van der Waals surface area (Å²) < 4.78 is 34.3. The van der Waals surface area contributed by atoms with Crippen molar-refractivity contribution in [2.75, 3.05) is 39.6 Å². The molecular weight excluding hydrogens is 852 g/mol. The monoisotopic (exact) mass is 937 g/mol. The second kappa shape index (κ2) is 29.4. The Hall–Kier alpha value is -1.59. The Morgan fingerprint density at radius 1 is 0.462 bits per heavy atom. The first-order chi connectivity index (χ1) is 30.9. The van der Waals surface area contributed by atoms with Crippen LogP contribution in [0.15, 0.2) is 0 Å². The minimum atomic E-state index is -1.21. The van der Waals surface area contributed by atoms with Crippen LogP contribution in [-0.2, 0) is 42.8 Å². The quantitative estimate of drug-likeness (QED) is 0.0435. The molecule has 9 N–H and O–H groups in total. The van der Waals surface area contributed by atoms with Gasteiger partial charge in [0.05, 0.1) is 38.1 Å². The highest BCUT2D eigenvalue weighted by atomic mass is 16.7. The Morgan fingerprint density at radius 2 is 0.738 bits per heavy atom. The summed E-state index contributed by atoms with van der Waals surface area (Å²) in [5, 5.41) is 89.8. The van der Waals surface area contributed by atoms with Crippen molar-refractivity contribution >= 4 is 17.3 Å². The van der Waals surface area contributed by atoms with Gasteiger partial charge in [-0.15, -0.1) is 0 Å². The summed E-state index contributed by atoms with van der Waals surface area (Å²) in [5.41, 5.74) is -0.431. The van der Waals surface area contributed by atoms with Crippen molar-refractivity contribution < 1.29 is 88.8 Å². The Balaban J connectivity index is 1.52. The predicted molar refractivity (Wildman–Crippen MR) is 235 cm³/mol. The van der Waals surface area contributed by atoms with Gasteiger partial charge >= 0.3 is 0 Å². The molecule has 3 fully saturated rings. The Morgan fingerprint density at radius 3 is 0.985 bits per heavy atom. The van der Waals surface area contributed by atoms with E-state index in [9.17, 15) is 60.3 Å². The molecule has 3 rings (SSSR count). The average molecular weight is 937 g/mol.